The number of anilines is 2. The Kier molecular flexibility index (Phi) is 4.78. The first-order valence-corrected chi connectivity index (χ1v) is 9.71. The number of aromatic hydroxyl groups is 1. The maximum absolute atomic E-state index is 13.0. The molecule has 29 heavy (non-hydrogen) atoms. The number of hydrogen-bond acceptors (Lipinski definition) is 7. The summed E-state index contributed by atoms with van der Waals surface area (Å²) < 4.78 is 0. The van der Waals surface area contributed by atoms with Gasteiger partial charge in [0.15, 0.2) is 0 Å². The largest absolute Gasteiger partial charge is 0.493 e. The van der Waals surface area contributed by atoms with Gasteiger partial charge in [-0.3, -0.25) is 9.59 Å². The Bertz CT molecular complexity index is 1190. The zero-order valence-electron chi connectivity index (χ0n) is 15.5. The molecule has 0 aliphatic carbocycles. The number of aromatic nitrogens is 2. The first-order valence-electron chi connectivity index (χ1n) is 8.89. The molecule has 4 rings (SSSR count). The molecule has 0 bridgehead atoms. The molecular formula is C20H17N5O3S. The highest BCUT2D eigenvalue weighted by Gasteiger charge is 2.27. The molecular weight excluding hydrogens is 390 g/mol. The normalized spacial score (nSPS) is 13.1. The van der Waals surface area contributed by atoms with Gasteiger partial charge in [-0.2, -0.15) is 5.26 Å². The third-order valence-electron chi connectivity index (χ3n) is 4.89. The van der Waals surface area contributed by atoms with Crippen molar-refractivity contribution in [2.75, 3.05) is 29.9 Å². The fourth-order valence-electron chi connectivity index (χ4n) is 3.34. The van der Waals surface area contributed by atoms with E-state index in [4.69, 9.17) is 5.26 Å². The molecule has 3 aromatic rings. The Balaban J connectivity index is 1.71. The SMILES string of the molecule is CN1CCN(C(=O)Cc2c(O)nc[nH]c2=O)c2cc(-c3ccc(C#N)s3)ccc21. The topological polar surface area (TPSA) is 113 Å². The van der Waals surface area contributed by atoms with Gasteiger partial charge in [-0.1, -0.05) is 6.07 Å². The number of thiophene rings is 1. The summed E-state index contributed by atoms with van der Waals surface area (Å²) in [5, 5.41) is 18.9. The van der Waals surface area contributed by atoms with Gasteiger partial charge in [-0.15, -0.1) is 11.3 Å². The molecule has 0 unspecified atom stereocenters. The number of likely N-dealkylation sites (N-methyl/N-ethyl adjacent to an activating group) is 1. The molecule has 8 nitrogen and oxygen atoms in total. The summed E-state index contributed by atoms with van der Waals surface area (Å²) in [6, 6.07) is 11.6. The van der Waals surface area contributed by atoms with Gasteiger partial charge in [-0.05, 0) is 29.8 Å². The fraction of sp³-hybridized carbons (Fsp3) is 0.200. The van der Waals surface area contributed by atoms with Crippen molar-refractivity contribution in [1.82, 2.24) is 9.97 Å². The van der Waals surface area contributed by atoms with Crippen LogP contribution in [-0.2, 0) is 11.2 Å². The standard InChI is InChI=1S/C20H17N5O3S/c1-24-6-7-25(18(26)9-14-19(27)22-11-23-20(14)28)16-8-12(2-4-15(16)24)17-5-3-13(10-21)29-17/h2-5,8,11H,6-7,9H2,1H3,(H2,22,23,27,28). The van der Waals surface area contributed by atoms with Gasteiger partial charge in [0, 0.05) is 25.0 Å². The highest BCUT2D eigenvalue weighted by Crippen LogP contribution is 2.38. The van der Waals surface area contributed by atoms with E-state index in [1.54, 1.807) is 11.0 Å². The number of carbonyl (C=O) groups is 1. The first-order chi connectivity index (χ1) is 14.0. The van der Waals surface area contributed by atoms with Crippen LogP contribution in [0.5, 0.6) is 5.88 Å². The molecule has 1 amide bonds. The van der Waals surface area contributed by atoms with Gasteiger partial charge >= 0.3 is 0 Å². The Hall–Kier alpha value is -3.64. The lowest BCUT2D eigenvalue weighted by Gasteiger charge is -2.36. The van der Waals surface area contributed by atoms with Crippen molar-refractivity contribution in [3.63, 3.8) is 0 Å². The maximum Gasteiger partial charge on any atom is 0.258 e. The van der Waals surface area contributed by atoms with Crippen LogP contribution in [0.25, 0.3) is 10.4 Å². The number of aromatic amines is 1. The number of rotatable bonds is 3. The third kappa shape index (κ3) is 3.46. The highest BCUT2D eigenvalue weighted by atomic mass is 32.1. The molecule has 2 aromatic heterocycles. The van der Waals surface area contributed by atoms with E-state index in [0.717, 1.165) is 28.1 Å². The molecule has 1 aliphatic heterocycles. The van der Waals surface area contributed by atoms with Crippen LogP contribution in [0.1, 0.15) is 10.4 Å². The van der Waals surface area contributed by atoms with E-state index in [9.17, 15) is 14.7 Å². The summed E-state index contributed by atoms with van der Waals surface area (Å²) in [6.07, 6.45) is 0.847. The monoisotopic (exact) mass is 407 g/mol. The van der Waals surface area contributed by atoms with Crippen molar-refractivity contribution in [2.24, 2.45) is 0 Å². The second-order valence-electron chi connectivity index (χ2n) is 6.66. The minimum atomic E-state index is -0.531. The third-order valence-corrected chi connectivity index (χ3v) is 5.93. The van der Waals surface area contributed by atoms with Crippen molar-refractivity contribution in [3.8, 4) is 22.4 Å². The zero-order chi connectivity index (χ0) is 20.5. The van der Waals surface area contributed by atoms with Crippen LogP contribution < -0.4 is 15.4 Å². The second kappa shape index (κ2) is 7.41. The molecule has 0 saturated heterocycles. The molecule has 0 fully saturated rings. The number of fused-ring (bicyclic) bond motifs is 1. The van der Waals surface area contributed by atoms with Crippen molar-refractivity contribution >= 4 is 28.6 Å². The first kappa shape index (κ1) is 18.7. The maximum atomic E-state index is 13.0. The van der Waals surface area contributed by atoms with Crippen LogP contribution in [0.4, 0.5) is 11.4 Å². The van der Waals surface area contributed by atoms with E-state index in [0.29, 0.717) is 18.0 Å². The molecule has 2 N–H and O–H groups in total. The lowest BCUT2D eigenvalue weighted by molar-refractivity contribution is -0.118. The van der Waals surface area contributed by atoms with Crippen LogP contribution in [0.15, 0.2) is 41.5 Å². The molecule has 1 aromatic carbocycles. The summed E-state index contributed by atoms with van der Waals surface area (Å²) in [5.74, 6) is -0.734. The Labute approximate surface area is 170 Å². The molecule has 9 heteroatoms. The molecule has 0 saturated carbocycles. The fourth-order valence-corrected chi connectivity index (χ4v) is 4.14. The second-order valence-corrected chi connectivity index (χ2v) is 7.74. The van der Waals surface area contributed by atoms with E-state index < -0.39 is 11.4 Å². The van der Waals surface area contributed by atoms with Crippen molar-refractivity contribution in [3.05, 3.63) is 57.5 Å². The van der Waals surface area contributed by atoms with E-state index in [2.05, 4.69) is 20.9 Å². The van der Waals surface area contributed by atoms with Crippen LogP contribution in [0.3, 0.4) is 0 Å². The smallest absolute Gasteiger partial charge is 0.258 e. The average molecular weight is 407 g/mol. The number of carbonyl (C=O) groups excluding carboxylic acids is 1. The number of H-pyrrole nitrogens is 1. The van der Waals surface area contributed by atoms with Gasteiger partial charge in [-0.25, -0.2) is 4.98 Å². The zero-order valence-corrected chi connectivity index (χ0v) is 16.4. The summed E-state index contributed by atoms with van der Waals surface area (Å²) in [6.45, 7) is 1.10. The molecule has 0 atom stereocenters. The molecule has 0 spiro atoms. The summed E-state index contributed by atoms with van der Waals surface area (Å²) in [4.78, 5) is 36.3. The van der Waals surface area contributed by atoms with Gasteiger partial charge in [0.1, 0.15) is 10.9 Å². The Morgan fingerprint density at radius 3 is 2.86 bits per heavy atom. The number of nitrogens with one attached hydrogen (secondary N) is 1. The van der Waals surface area contributed by atoms with Gasteiger partial charge < -0.3 is 19.9 Å². The van der Waals surface area contributed by atoms with E-state index >= 15 is 0 Å². The van der Waals surface area contributed by atoms with Crippen LogP contribution >= 0.6 is 11.3 Å². The average Bonchev–Trinajstić information content (AvgIpc) is 3.20. The van der Waals surface area contributed by atoms with Gasteiger partial charge in [0.05, 0.1) is 29.7 Å². The highest BCUT2D eigenvalue weighted by molar-refractivity contribution is 7.16. The van der Waals surface area contributed by atoms with Gasteiger partial charge in [0.25, 0.3) is 5.56 Å². The molecule has 146 valence electrons. The van der Waals surface area contributed by atoms with E-state index in [1.807, 2.05) is 31.3 Å². The lowest BCUT2D eigenvalue weighted by atomic mass is 10.1. The quantitative estimate of drug-likeness (QED) is 0.687. The molecule has 1 aliphatic rings. The van der Waals surface area contributed by atoms with Crippen molar-refractivity contribution in [2.45, 2.75) is 6.42 Å². The number of nitriles is 1. The minimum absolute atomic E-state index is 0.0500. The summed E-state index contributed by atoms with van der Waals surface area (Å²) >= 11 is 1.39. The predicted octanol–water partition coefficient (Wildman–Crippen LogP) is 2.10. The summed E-state index contributed by atoms with van der Waals surface area (Å²) in [5.41, 5.74) is 1.95. The minimum Gasteiger partial charge on any atom is -0.493 e. The van der Waals surface area contributed by atoms with Gasteiger partial charge in [0.2, 0.25) is 11.8 Å². The Morgan fingerprint density at radius 2 is 2.14 bits per heavy atom. The number of amides is 1. The number of benzene rings is 1. The van der Waals surface area contributed by atoms with Crippen molar-refractivity contribution in [1.29, 1.82) is 5.26 Å². The predicted molar refractivity (Wildman–Crippen MR) is 110 cm³/mol. The van der Waals surface area contributed by atoms with Crippen LogP contribution in [-0.4, -0.2) is 41.1 Å². The van der Waals surface area contributed by atoms with E-state index in [-0.39, 0.29) is 17.9 Å². The van der Waals surface area contributed by atoms with Crippen molar-refractivity contribution < 1.29 is 9.90 Å². The van der Waals surface area contributed by atoms with E-state index in [1.165, 1.54) is 11.3 Å². The molecule has 0 radical (unpaired) electrons. The summed E-state index contributed by atoms with van der Waals surface area (Å²) in [7, 11) is 1.96. The molecule has 3 heterocycles. The Morgan fingerprint density at radius 1 is 1.31 bits per heavy atom. The number of nitrogens with zero attached hydrogens (tertiary/aromatic N) is 4. The van der Waals surface area contributed by atoms with Crippen LogP contribution in [0, 0.1) is 11.3 Å². The lowest BCUT2D eigenvalue weighted by Crippen LogP contribution is -2.43. The number of hydrogen-bond donors (Lipinski definition) is 2. The van der Waals surface area contributed by atoms with Crippen LogP contribution in [0.2, 0.25) is 0 Å².